The summed E-state index contributed by atoms with van der Waals surface area (Å²) >= 11 is 0. The molecule has 2 atom stereocenters. The molecule has 0 saturated carbocycles. The van der Waals surface area contributed by atoms with E-state index >= 15 is 0 Å². The van der Waals surface area contributed by atoms with Gasteiger partial charge in [0, 0.05) is 28.3 Å². The predicted molar refractivity (Wildman–Crippen MR) is 80.1 cm³/mol. The van der Waals surface area contributed by atoms with Crippen LogP contribution in [0.2, 0.25) is 0 Å². The Morgan fingerprint density at radius 2 is 1.89 bits per heavy atom. The smallest absolute Gasteiger partial charge is 0.0486 e. The molecule has 0 aromatic heterocycles. The van der Waals surface area contributed by atoms with Gasteiger partial charge in [-0.3, -0.25) is 4.21 Å². The van der Waals surface area contributed by atoms with Gasteiger partial charge in [-0.1, -0.05) is 50.6 Å². The Bertz CT molecular complexity index is 340. The summed E-state index contributed by atoms with van der Waals surface area (Å²) in [5.74, 6) is 1.44. The molecule has 102 valence electrons. The summed E-state index contributed by atoms with van der Waals surface area (Å²) in [6.07, 6.45) is 3.38. The van der Waals surface area contributed by atoms with Gasteiger partial charge in [-0.15, -0.1) is 0 Å². The van der Waals surface area contributed by atoms with Crippen LogP contribution >= 0.6 is 0 Å². The molecule has 0 bridgehead atoms. The molecule has 1 N–H and O–H groups in total. The molecule has 18 heavy (non-hydrogen) atoms. The topological polar surface area (TPSA) is 29.1 Å². The van der Waals surface area contributed by atoms with Gasteiger partial charge in [0.1, 0.15) is 0 Å². The summed E-state index contributed by atoms with van der Waals surface area (Å²) in [5.41, 5.74) is 1.17. The van der Waals surface area contributed by atoms with Crippen molar-refractivity contribution in [3.63, 3.8) is 0 Å². The maximum atomic E-state index is 12.1. The molecule has 1 aromatic rings. The molecule has 0 amide bonds. The third kappa shape index (κ3) is 6.31. The average Bonchev–Trinajstić information content (AvgIpc) is 2.37. The molecule has 3 heteroatoms. The largest absolute Gasteiger partial charge is 0.313 e. The monoisotopic (exact) mass is 267 g/mol. The minimum Gasteiger partial charge on any atom is -0.313 e. The molecule has 0 radical (unpaired) electrons. The average molecular weight is 267 g/mol. The highest BCUT2D eigenvalue weighted by atomic mass is 32.2. The molecule has 0 spiro atoms. The third-order valence-corrected chi connectivity index (χ3v) is 4.31. The third-order valence-electron chi connectivity index (χ3n) is 2.88. The standard InChI is InChI=1S/C15H25NOS/c1-3-8-15(16-11-4-2)13-18(17)12-14-9-6-5-7-10-14/h5-7,9-10,15-16H,3-4,8,11-13H2,1-2H3. The molecule has 0 aliphatic carbocycles. The van der Waals surface area contributed by atoms with Gasteiger partial charge >= 0.3 is 0 Å². The van der Waals surface area contributed by atoms with Crippen LogP contribution in [0.25, 0.3) is 0 Å². The van der Waals surface area contributed by atoms with E-state index < -0.39 is 10.8 Å². The number of nitrogens with one attached hydrogen (secondary N) is 1. The van der Waals surface area contributed by atoms with Gasteiger partial charge in [-0.05, 0) is 24.9 Å². The molecule has 2 nitrogen and oxygen atoms in total. The van der Waals surface area contributed by atoms with Crippen LogP contribution in [0.5, 0.6) is 0 Å². The Hall–Kier alpha value is -0.670. The van der Waals surface area contributed by atoms with Crippen molar-refractivity contribution < 1.29 is 4.21 Å². The van der Waals surface area contributed by atoms with E-state index in [0.717, 1.165) is 31.6 Å². The first kappa shape index (κ1) is 15.4. The Kier molecular flexibility index (Phi) is 7.94. The minimum absolute atomic E-state index is 0.402. The first-order chi connectivity index (χ1) is 8.76. The lowest BCUT2D eigenvalue weighted by Gasteiger charge is -2.17. The van der Waals surface area contributed by atoms with Gasteiger partial charge in [0.05, 0.1) is 0 Å². The van der Waals surface area contributed by atoms with E-state index in [2.05, 4.69) is 19.2 Å². The van der Waals surface area contributed by atoms with Gasteiger partial charge in [-0.25, -0.2) is 0 Å². The molecular formula is C15H25NOS. The van der Waals surface area contributed by atoms with Crippen LogP contribution in [0.1, 0.15) is 38.7 Å². The van der Waals surface area contributed by atoms with Crippen LogP contribution in [-0.2, 0) is 16.6 Å². The van der Waals surface area contributed by atoms with Crippen LogP contribution < -0.4 is 5.32 Å². The van der Waals surface area contributed by atoms with Crippen molar-refractivity contribution in [1.29, 1.82) is 0 Å². The zero-order chi connectivity index (χ0) is 13.2. The zero-order valence-corrected chi connectivity index (χ0v) is 12.3. The highest BCUT2D eigenvalue weighted by Gasteiger charge is 2.11. The first-order valence-corrected chi connectivity index (χ1v) is 8.37. The summed E-state index contributed by atoms with van der Waals surface area (Å²) in [4.78, 5) is 0. The van der Waals surface area contributed by atoms with Crippen LogP contribution in [0.15, 0.2) is 30.3 Å². The summed E-state index contributed by atoms with van der Waals surface area (Å²) in [6.45, 7) is 5.37. The van der Waals surface area contributed by atoms with Crippen molar-refractivity contribution in [2.24, 2.45) is 0 Å². The number of hydrogen-bond acceptors (Lipinski definition) is 2. The van der Waals surface area contributed by atoms with Crippen molar-refractivity contribution in [2.75, 3.05) is 12.3 Å². The lowest BCUT2D eigenvalue weighted by atomic mass is 10.2. The fourth-order valence-electron chi connectivity index (χ4n) is 1.98. The van der Waals surface area contributed by atoms with Gasteiger partial charge in [0.15, 0.2) is 0 Å². The van der Waals surface area contributed by atoms with Crippen LogP contribution in [0, 0.1) is 0 Å². The fraction of sp³-hybridized carbons (Fsp3) is 0.600. The Labute approximate surface area is 114 Å². The molecule has 2 unspecified atom stereocenters. The second-order valence-electron chi connectivity index (χ2n) is 4.68. The molecule has 1 rings (SSSR count). The Morgan fingerprint density at radius 3 is 2.50 bits per heavy atom. The van der Waals surface area contributed by atoms with E-state index in [1.807, 2.05) is 30.3 Å². The van der Waals surface area contributed by atoms with Crippen LogP contribution in [0.4, 0.5) is 0 Å². The van der Waals surface area contributed by atoms with Crippen molar-refractivity contribution in [3.05, 3.63) is 35.9 Å². The zero-order valence-electron chi connectivity index (χ0n) is 11.5. The van der Waals surface area contributed by atoms with Gasteiger partial charge in [-0.2, -0.15) is 0 Å². The van der Waals surface area contributed by atoms with Crippen LogP contribution in [-0.4, -0.2) is 22.5 Å². The molecule has 1 aromatic carbocycles. The fourth-order valence-corrected chi connectivity index (χ4v) is 3.40. The predicted octanol–water partition coefficient (Wildman–Crippen LogP) is 3.10. The van der Waals surface area contributed by atoms with E-state index in [4.69, 9.17) is 0 Å². The highest BCUT2D eigenvalue weighted by Crippen LogP contribution is 2.06. The summed E-state index contributed by atoms with van der Waals surface area (Å²) in [7, 11) is -0.769. The van der Waals surface area contributed by atoms with Crippen molar-refractivity contribution >= 4 is 10.8 Å². The summed E-state index contributed by atoms with van der Waals surface area (Å²) in [5, 5.41) is 3.49. The lowest BCUT2D eigenvalue weighted by Crippen LogP contribution is -2.34. The van der Waals surface area contributed by atoms with E-state index in [0.29, 0.717) is 11.8 Å². The summed E-state index contributed by atoms with van der Waals surface area (Å²) < 4.78 is 12.1. The molecular weight excluding hydrogens is 242 g/mol. The highest BCUT2D eigenvalue weighted by molar-refractivity contribution is 7.84. The van der Waals surface area contributed by atoms with Gasteiger partial charge in [0.25, 0.3) is 0 Å². The van der Waals surface area contributed by atoms with E-state index in [-0.39, 0.29) is 0 Å². The van der Waals surface area contributed by atoms with Crippen molar-refractivity contribution in [1.82, 2.24) is 5.32 Å². The van der Waals surface area contributed by atoms with Gasteiger partial charge in [0.2, 0.25) is 0 Å². The maximum absolute atomic E-state index is 12.1. The molecule has 0 heterocycles. The lowest BCUT2D eigenvalue weighted by molar-refractivity contribution is 0.510. The maximum Gasteiger partial charge on any atom is 0.0486 e. The molecule has 0 fully saturated rings. The molecule has 0 aliphatic heterocycles. The second kappa shape index (κ2) is 9.29. The van der Waals surface area contributed by atoms with E-state index in [9.17, 15) is 4.21 Å². The molecule has 0 aliphatic rings. The Balaban J connectivity index is 2.40. The van der Waals surface area contributed by atoms with Crippen molar-refractivity contribution in [3.8, 4) is 0 Å². The molecule has 0 saturated heterocycles. The van der Waals surface area contributed by atoms with Crippen molar-refractivity contribution in [2.45, 2.75) is 44.9 Å². The quantitative estimate of drug-likeness (QED) is 0.745. The first-order valence-electron chi connectivity index (χ1n) is 6.88. The SMILES string of the molecule is CCCNC(CCC)CS(=O)Cc1ccccc1. The number of hydrogen-bond donors (Lipinski definition) is 1. The normalized spacial score (nSPS) is 14.3. The number of rotatable bonds is 9. The summed E-state index contributed by atoms with van der Waals surface area (Å²) in [6, 6.07) is 10.5. The van der Waals surface area contributed by atoms with E-state index in [1.165, 1.54) is 5.56 Å². The van der Waals surface area contributed by atoms with Gasteiger partial charge < -0.3 is 5.32 Å². The number of benzene rings is 1. The minimum atomic E-state index is -0.769. The van der Waals surface area contributed by atoms with Crippen LogP contribution in [0.3, 0.4) is 0 Å². The second-order valence-corrected chi connectivity index (χ2v) is 6.18. The Morgan fingerprint density at radius 1 is 1.17 bits per heavy atom. The van der Waals surface area contributed by atoms with E-state index in [1.54, 1.807) is 0 Å².